The molecule has 156 valence electrons. The highest BCUT2D eigenvalue weighted by molar-refractivity contribution is 7.98. The lowest BCUT2D eigenvalue weighted by Gasteiger charge is -2.18. The summed E-state index contributed by atoms with van der Waals surface area (Å²) >= 11 is 2.92. The first kappa shape index (κ1) is 20.5. The van der Waals surface area contributed by atoms with E-state index in [1.807, 2.05) is 13.8 Å². The molecule has 0 spiro atoms. The lowest BCUT2D eigenvalue weighted by Crippen LogP contribution is -2.26. The number of fused-ring (bicyclic) bond motifs is 3. The Labute approximate surface area is 176 Å². The van der Waals surface area contributed by atoms with Gasteiger partial charge in [-0.15, -0.1) is 11.3 Å². The van der Waals surface area contributed by atoms with Crippen LogP contribution in [0, 0.1) is 0 Å². The summed E-state index contributed by atoms with van der Waals surface area (Å²) in [5.74, 6) is 0.508. The molecule has 3 aromatic rings. The molecule has 9 heteroatoms. The number of aromatic nitrogens is 4. The van der Waals surface area contributed by atoms with E-state index >= 15 is 0 Å². The van der Waals surface area contributed by atoms with Crippen LogP contribution in [0.5, 0.6) is 0 Å². The summed E-state index contributed by atoms with van der Waals surface area (Å²) in [6.07, 6.45) is 8.83. The third kappa shape index (κ3) is 3.86. The number of alkyl halides is 2. The Morgan fingerprint density at radius 3 is 2.83 bits per heavy atom. The van der Waals surface area contributed by atoms with Gasteiger partial charge < -0.3 is 0 Å². The van der Waals surface area contributed by atoms with E-state index in [9.17, 15) is 13.6 Å². The van der Waals surface area contributed by atoms with Crippen molar-refractivity contribution in [3.63, 3.8) is 0 Å². The van der Waals surface area contributed by atoms with Crippen LogP contribution in [0.4, 0.5) is 8.78 Å². The Morgan fingerprint density at radius 1 is 1.28 bits per heavy atom. The summed E-state index contributed by atoms with van der Waals surface area (Å²) in [7, 11) is 0. The normalized spacial score (nSPS) is 15.6. The molecule has 0 aliphatic heterocycles. The summed E-state index contributed by atoms with van der Waals surface area (Å²) in [5, 5.41) is 1.35. The molecule has 1 unspecified atom stereocenters. The lowest BCUT2D eigenvalue weighted by molar-refractivity contribution is 0.0678. The van der Waals surface area contributed by atoms with Crippen LogP contribution < -0.4 is 5.56 Å². The van der Waals surface area contributed by atoms with Crippen molar-refractivity contribution in [2.75, 3.05) is 0 Å². The van der Waals surface area contributed by atoms with Gasteiger partial charge in [0.25, 0.3) is 5.56 Å². The first-order valence-corrected chi connectivity index (χ1v) is 11.8. The van der Waals surface area contributed by atoms with Crippen LogP contribution in [0.1, 0.15) is 68.4 Å². The van der Waals surface area contributed by atoms with Gasteiger partial charge in [-0.3, -0.25) is 13.9 Å². The molecule has 1 atom stereocenters. The molecule has 0 bridgehead atoms. The highest BCUT2D eigenvalue weighted by Crippen LogP contribution is 2.35. The second kappa shape index (κ2) is 8.55. The monoisotopic (exact) mass is 438 g/mol. The molecular weight excluding hydrogens is 414 g/mol. The summed E-state index contributed by atoms with van der Waals surface area (Å²) < 4.78 is 28.9. The van der Waals surface area contributed by atoms with Crippen LogP contribution in [0.3, 0.4) is 0 Å². The van der Waals surface area contributed by atoms with Crippen LogP contribution in [-0.2, 0) is 18.6 Å². The standard InChI is InChI=1S/C20H24F2N4OS2/c1-3-12(2)26-18(27)16-13-7-5-4-6-8-14(13)29-17(16)24-20(26)28-11-15-23-9-10-25(15)19(21)22/h9-10,12,19H,3-8,11H2,1-2H3. The quantitative estimate of drug-likeness (QED) is 0.286. The van der Waals surface area contributed by atoms with Gasteiger partial charge in [-0.05, 0) is 44.6 Å². The number of hydrogen-bond donors (Lipinski definition) is 0. The van der Waals surface area contributed by atoms with Crippen LogP contribution in [0.15, 0.2) is 22.3 Å². The van der Waals surface area contributed by atoms with Crippen molar-refractivity contribution in [1.82, 2.24) is 19.1 Å². The van der Waals surface area contributed by atoms with Crippen LogP contribution in [-0.4, -0.2) is 19.1 Å². The van der Waals surface area contributed by atoms with Gasteiger partial charge in [-0.1, -0.05) is 25.1 Å². The van der Waals surface area contributed by atoms with Gasteiger partial charge >= 0.3 is 6.55 Å². The van der Waals surface area contributed by atoms with Crippen molar-refractivity contribution in [3.8, 4) is 0 Å². The van der Waals surface area contributed by atoms with Crippen LogP contribution in [0.2, 0.25) is 0 Å². The molecule has 29 heavy (non-hydrogen) atoms. The number of halogens is 2. The minimum Gasteiger partial charge on any atom is -0.284 e. The Bertz CT molecular complexity index is 1070. The fraction of sp³-hybridized carbons (Fsp3) is 0.550. The van der Waals surface area contributed by atoms with Gasteiger partial charge in [-0.25, -0.2) is 9.97 Å². The molecule has 0 saturated heterocycles. The maximum atomic E-state index is 13.5. The number of thiophene rings is 1. The van der Waals surface area contributed by atoms with Gasteiger partial charge in [-0.2, -0.15) is 8.78 Å². The van der Waals surface area contributed by atoms with E-state index in [0.717, 1.165) is 46.9 Å². The molecule has 0 fully saturated rings. The van der Waals surface area contributed by atoms with Gasteiger partial charge in [0.2, 0.25) is 0 Å². The number of aryl methyl sites for hydroxylation is 2. The van der Waals surface area contributed by atoms with Crippen molar-refractivity contribution in [2.45, 2.75) is 75.9 Å². The third-order valence-electron chi connectivity index (χ3n) is 5.56. The molecular formula is C20H24F2N4OS2. The van der Waals surface area contributed by atoms with E-state index in [0.29, 0.717) is 5.16 Å². The molecule has 4 rings (SSSR count). The molecule has 3 aromatic heterocycles. The average molecular weight is 439 g/mol. The SMILES string of the molecule is CCC(C)n1c(SCc2nccn2C(F)F)nc2sc3c(c2c1=O)CCCCC3. The molecule has 0 aromatic carbocycles. The smallest absolute Gasteiger partial charge is 0.284 e. The second-order valence-electron chi connectivity index (χ2n) is 7.39. The molecule has 0 radical (unpaired) electrons. The highest BCUT2D eigenvalue weighted by Gasteiger charge is 2.23. The number of hydrogen-bond acceptors (Lipinski definition) is 5. The van der Waals surface area contributed by atoms with Crippen molar-refractivity contribution in [1.29, 1.82) is 0 Å². The first-order chi connectivity index (χ1) is 14.0. The van der Waals surface area contributed by atoms with Crippen LogP contribution in [0.25, 0.3) is 10.2 Å². The largest absolute Gasteiger partial charge is 0.319 e. The Kier molecular flexibility index (Phi) is 6.06. The predicted octanol–water partition coefficient (Wildman–Crippen LogP) is 5.58. The first-order valence-electron chi connectivity index (χ1n) is 10.0. The number of imidazole rings is 1. The summed E-state index contributed by atoms with van der Waals surface area (Å²) in [4.78, 5) is 24.5. The predicted molar refractivity (Wildman–Crippen MR) is 113 cm³/mol. The molecule has 0 amide bonds. The Balaban J connectivity index is 1.78. The summed E-state index contributed by atoms with van der Waals surface area (Å²) in [6, 6.07) is -0.0157. The average Bonchev–Trinajstić information content (AvgIpc) is 3.24. The zero-order valence-electron chi connectivity index (χ0n) is 16.5. The van der Waals surface area contributed by atoms with Gasteiger partial charge in [0.1, 0.15) is 10.7 Å². The van der Waals surface area contributed by atoms with Crippen molar-refractivity contribution >= 4 is 33.3 Å². The van der Waals surface area contributed by atoms with Crippen molar-refractivity contribution in [2.24, 2.45) is 0 Å². The van der Waals surface area contributed by atoms with Crippen molar-refractivity contribution in [3.05, 3.63) is 39.0 Å². The Hall–Kier alpha value is -1.74. The maximum Gasteiger partial charge on any atom is 0.319 e. The summed E-state index contributed by atoms with van der Waals surface area (Å²) in [5.41, 5.74) is 1.19. The minimum atomic E-state index is -2.63. The molecule has 0 saturated carbocycles. The highest BCUT2D eigenvalue weighted by atomic mass is 32.2. The number of rotatable bonds is 6. The van der Waals surface area contributed by atoms with E-state index in [1.54, 1.807) is 15.9 Å². The van der Waals surface area contributed by atoms with E-state index in [2.05, 4.69) is 4.98 Å². The maximum absolute atomic E-state index is 13.5. The number of thioether (sulfide) groups is 1. The Morgan fingerprint density at radius 2 is 2.07 bits per heavy atom. The summed E-state index contributed by atoms with van der Waals surface area (Å²) in [6.45, 7) is 1.41. The zero-order chi connectivity index (χ0) is 20.5. The lowest BCUT2D eigenvalue weighted by atomic mass is 10.1. The van der Waals surface area contributed by atoms with Gasteiger partial charge in [0.05, 0.1) is 11.1 Å². The fourth-order valence-corrected chi connectivity index (χ4v) is 6.16. The van der Waals surface area contributed by atoms with Crippen LogP contribution >= 0.6 is 23.1 Å². The fourth-order valence-electron chi connectivity index (χ4n) is 3.81. The number of nitrogens with zero attached hydrogens (tertiary/aromatic N) is 4. The third-order valence-corrected chi connectivity index (χ3v) is 7.69. The van der Waals surface area contributed by atoms with E-state index in [4.69, 9.17) is 4.98 Å². The molecule has 1 aliphatic carbocycles. The molecule has 3 heterocycles. The zero-order valence-corrected chi connectivity index (χ0v) is 18.2. The van der Waals surface area contributed by atoms with Crippen molar-refractivity contribution < 1.29 is 8.78 Å². The minimum absolute atomic E-state index is 0.00320. The van der Waals surface area contributed by atoms with E-state index in [1.165, 1.54) is 41.0 Å². The van der Waals surface area contributed by atoms with E-state index in [-0.39, 0.29) is 23.2 Å². The second-order valence-corrected chi connectivity index (χ2v) is 9.41. The van der Waals surface area contributed by atoms with E-state index < -0.39 is 6.55 Å². The molecule has 5 nitrogen and oxygen atoms in total. The van der Waals surface area contributed by atoms with Gasteiger partial charge in [0, 0.05) is 23.3 Å². The molecule has 0 N–H and O–H groups in total. The topological polar surface area (TPSA) is 52.7 Å². The molecule has 1 aliphatic rings. The van der Waals surface area contributed by atoms with Gasteiger partial charge in [0.15, 0.2) is 5.16 Å².